The second-order valence-corrected chi connectivity index (χ2v) is 2.86. The largest absolute Gasteiger partial charge is 0.435 e. The molecule has 13 heavy (non-hydrogen) atoms. The van der Waals surface area contributed by atoms with Crippen LogP contribution in [0, 0.1) is 0 Å². The molecule has 72 valence electrons. The third-order valence-electron chi connectivity index (χ3n) is 1.87. The molecule has 0 aromatic heterocycles. The number of hydrogen-bond acceptors (Lipinski definition) is 4. The van der Waals surface area contributed by atoms with Gasteiger partial charge < -0.3 is 9.47 Å². The van der Waals surface area contributed by atoms with Crippen molar-refractivity contribution in [2.45, 2.75) is 25.4 Å². The highest BCUT2D eigenvalue weighted by molar-refractivity contribution is 5.81. The summed E-state index contributed by atoms with van der Waals surface area (Å²) in [5.74, 6) is -0.302. The van der Waals surface area contributed by atoms with Gasteiger partial charge in [0.2, 0.25) is 0 Å². The molecule has 0 radical (unpaired) electrons. The molecule has 0 saturated heterocycles. The van der Waals surface area contributed by atoms with Gasteiger partial charge in [-0.2, -0.15) is 0 Å². The van der Waals surface area contributed by atoms with Gasteiger partial charge in [-0.05, 0) is 6.42 Å². The summed E-state index contributed by atoms with van der Waals surface area (Å²) < 4.78 is 9.73. The Morgan fingerprint density at radius 2 is 2.46 bits per heavy atom. The van der Waals surface area contributed by atoms with Crippen molar-refractivity contribution < 1.29 is 19.1 Å². The molecule has 1 unspecified atom stereocenters. The van der Waals surface area contributed by atoms with Crippen LogP contribution in [-0.2, 0) is 19.1 Å². The minimum Gasteiger partial charge on any atom is -0.435 e. The first-order valence-corrected chi connectivity index (χ1v) is 4.15. The van der Waals surface area contributed by atoms with E-state index >= 15 is 0 Å². The minimum absolute atomic E-state index is 0.0786. The maximum atomic E-state index is 10.8. The molecule has 1 saturated carbocycles. The van der Waals surface area contributed by atoms with Crippen LogP contribution in [0.4, 0.5) is 0 Å². The van der Waals surface area contributed by atoms with Crippen molar-refractivity contribution in [3.05, 3.63) is 12.7 Å². The van der Waals surface area contributed by atoms with Gasteiger partial charge in [0.1, 0.15) is 5.78 Å². The van der Waals surface area contributed by atoms with Gasteiger partial charge in [0.15, 0.2) is 6.79 Å². The fraction of sp³-hybridized carbons (Fsp3) is 0.556. The number of hydrogen-bond donors (Lipinski definition) is 0. The number of esters is 1. The van der Waals surface area contributed by atoms with Crippen molar-refractivity contribution in [3.8, 4) is 0 Å². The Morgan fingerprint density at radius 1 is 1.69 bits per heavy atom. The van der Waals surface area contributed by atoms with E-state index in [1.165, 1.54) is 0 Å². The highest BCUT2D eigenvalue weighted by Crippen LogP contribution is 2.17. The fourth-order valence-corrected chi connectivity index (χ4v) is 1.17. The second kappa shape index (κ2) is 4.77. The summed E-state index contributed by atoms with van der Waals surface area (Å²) in [5, 5.41) is 0. The van der Waals surface area contributed by atoms with E-state index in [9.17, 15) is 9.59 Å². The number of ether oxygens (including phenoxy) is 2. The molecular formula is C9H12O4. The van der Waals surface area contributed by atoms with Crippen molar-refractivity contribution in [1.29, 1.82) is 0 Å². The van der Waals surface area contributed by atoms with Gasteiger partial charge in [0, 0.05) is 18.9 Å². The average molecular weight is 184 g/mol. The topological polar surface area (TPSA) is 52.6 Å². The van der Waals surface area contributed by atoms with Crippen molar-refractivity contribution in [3.63, 3.8) is 0 Å². The Morgan fingerprint density at radius 3 is 3.00 bits per heavy atom. The summed E-state index contributed by atoms with van der Waals surface area (Å²) in [4.78, 5) is 21.4. The Kier molecular flexibility index (Phi) is 3.64. The lowest BCUT2D eigenvalue weighted by atomic mass is 10.3. The van der Waals surface area contributed by atoms with Crippen LogP contribution in [0.25, 0.3) is 0 Å². The predicted octanol–water partition coefficient (Wildman–Crippen LogP) is 0.811. The summed E-state index contributed by atoms with van der Waals surface area (Å²) in [7, 11) is 0. The second-order valence-electron chi connectivity index (χ2n) is 2.86. The third kappa shape index (κ3) is 3.38. The highest BCUT2D eigenvalue weighted by atomic mass is 16.7. The molecule has 0 bridgehead atoms. The molecule has 0 spiro atoms. The number of carbonyl (C=O) groups is 2. The zero-order chi connectivity index (χ0) is 9.68. The van der Waals surface area contributed by atoms with E-state index in [0.29, 0.717) is 12.8 Å². The van der Waals surface area contributed by atoms with E-state index in [0.717, 1.165) is 12.5 Å². The lowest BCUT2D eigenvalue weighted by Gasteiger charge is -2.09. The Balaban J connectivity index is 2.09. The predicted molar refractivity (Wildman–Crippen MR) is 44.9 cm³/mol. The molecule has 0 heterocycles. The molecule has 1 aliphatic rings. The molecule has 1 atom stereocenters. The summed E-state index contributed by atoms with van der Waals surface area (Å²) in [6.45, 7) is 3.14. The molecular weight excluding hydrogens is 172 g/mol. The molecule has 4 nitrogen and oxygen atoms in total. The van der Waals surface area contributed by atoms with Crippen LogP contribution in [-0.4, -0.2) is 24.6 Å². The van der Waals surface area contributed by atoms with Crippen molar-refractivity contribution in [1.82, 2.24) is 0 Å². The van der Waals surface area contributed by atoms with Crippen LogP contribution >= 0.6 is 0 Å². The first kappa shape index (κ1) is 9.92. The van der Waals surface area contributed by atoms with Crippen molar-refractivity contribution in [2.75, 3.05) is 6.79 Å². The van der Waals surface area contributed by atoms with Crippen LogP contribution < -0.4 is 0 Å². The molecule has 4 heteroatoms. The lowest BCUT2D eigenvalue weighted by molar-refractivity contribution is -0.154. The lowest BCUT2D eigenvalue weighted by Crippen LogP contribution is -2.13. The van der Waals surface area contributed by atoms with Crippen LogP contribution in [0.15, 0.2) is 12.7 Å². The molecule has 1 aliphatic carbocycles. The standard InChI is InChI=1S/C9H12O4/c1-2-9(11)13-6-12-8-4-3-7(10)5-8/h2,8H,1,3-6H2. The molecule has 0 aromatic rings. The maximum absolute atomic E-state index is 10.8. The molecule has 0 N–H and O–H groups in total. The van der Waals surface area contributed by atoms with E-state index in [1.54, 1.807) is 0 Å². The van der Waals surface area contributed by atoms with Gasteiger partial charge in [-0.1, -0.05) is 6.58 Å². The third-order valence-corrected chi connectivity index (χ3v) is 1.87. The first-order chi connectivity index (χ1) is 6.22. The van der Waals surface area contributed by atoms with Crippen molar-refractivity contribution >= 4 is 11.8 Å². The molecule has 0 aromatic carbocycles. The van der Waals surface area contributed by atoms with E-state index in [1.807, 2.05) is 0 Å². The maximum Gasteiger partial charge on any atom is 0.332 e. The van der Waals surface area contributed by atoms with Gasteiger partial charge >= 0.3 is 5.97 Å². The summed E-state index contributed by atoms with van der Waals surface area (Å²) in [6.07, 6.45) is 2.73. The SMILES string of the molecule is C=CC(=O)OCOC1CCC(=O)C1. The Hall–Kier alpha value is -1.16. The fourth-order valence-electron chi connectivity index (χ4n) is 1.17. The van der Waals surface area contributed by atoms with Gasteiger partial charge in [0.05, 0.1) is 6.10 Å². The Bertz CT molecular complexity index is 222. The van der Waals surface area contributed by atoms with Gasteiger partial charge in [-0.25, -0.2) is 4.79 Å². The monoisotopic (exact) mass is 184 g/mol. The molecule has 0 aliphatic heterocycles. The molecule has 1 fully saturated rings. The normalized spacial score (nSPS) is 21.5. The first-order valence-electron chi connectivity index (χ1n) is 4.15. The zero-order valence-corrected chi connectivity index (χ0v) is 7.32. The number of Topliss-reactive ketones (excluding diaryl/α,β-unsaturated/α-hetero) is 1. The quantitative estimate of drug-likeness (QED) is 0.368. The van der Waals surface area contributed by atoms with Crippen LogP contribution in [0.1, 0.15) is 19.3 Å². The summed E-state index contributed by atoms with van der Waals surface area (Å²) in [6, 6.07) is 0. The number of rotatable bonds is 4. The number of carbonyl (C=O) groups excluding carboxylic acids is 2. The van der Waals surface area contributed by atoms with Gasteiger partial charge in [-0.3, -0.25) is 4.79 Å². The van der Waals surface area contributed by atoms with Gasteiger partial charge in [0.25, 0.3) is 0 Å². The highest BCUT2D eigenvalue weighted by Gasteiger charge is 2.22. The van der Waals surface area contributed by atoms with E-state index < -0.39 is 5.97 Å². The van der Waals surface area contributed by atoms with Crippen LogP contribution in [0.5, 0.6) is 0 Å². The van der Waals surface area contributed by atoms with Crippen LogP contribution in [0.2, 0.25) is 0 Å². The van der Waals surface area contributed by atoms with E-state index in [2.05, 4.69) is 11.3 Å². The van der Waals surface area contributed by atoms with E-state index in [4.69, 9.17) is 4.74 Å². The van der Waals surface area contributed by atoms with Gasteiger partial charge in [-0.15, -0.1) is 0 Å². The van der Waals surface area contributed by atoms with Crippen LogP contribution in [0.3, 0.4) is 0 Å². The average Bonchev–Trinajstić information content (AvgIpc) is 2.51. The van der Waals surface area contributed by atoms with Crippen molar-refractivity contribution in [2.24, 2.45) is 0 Å². The summed E-state index contributed by atoms with van der Waals surface area (Å²) in [5.41, 5.74) is 0. The Labute approximate surface area is 76.5 Å². The number of ketones is 1. The molecule has 0 amide bonds. The molecule has 1 rings (SSSR count). The van der Waals surface area contributed by atoms with E-state index in [-0.39, 0.29) is 18.7 Å². The minimum atomic E-state index is -0.510. The smallest absolute Gasteiger partial charge is 0.332 e. The zero-order valence-electron chi connectivity index (χ0n) is 7.32. The summed E-state index contributed by atoms with van der Waals surface area (Å²) >= 11 is 0.